The van der Waals surface area contributed by atoms with Crippen LogP contribution < -0.4 is 5.32 Å². The van der Waals surface area contributed by atoms with E-state index in [-0.39, 0.29) is 11.8 Å². The zero-order valence-corrected chi connectivity index (χ0v) is 18.0. The van der Waals surface area contributed by atoms with Crippen LogP contribution in [0.1, 0.15) is 28.8 Å². The summed E-state index contributed by atoms with van der Waals surface area (Å²) >= 11 is 1.44. The number of benzene rings is 2. The van der Waals surface area contributed by atoms with E-state index < -0.39 is 0 Å². The summed E-state index contributed by atoms with van der Waals surface area (Å²) in [4.78, 5) is 30.0. The van der Waals surface area contributed by atoms with Gasteiger partial charge in [-0.25, -0.2) is 0 Å². The quantitative estimate of drug-likeness (QED) is 0.672. The van der Waals surface area contributed by atoms with E-state index in [1.807, 2.05) is 41.3 Å². The molecule has 0 unspecified atom stereocenters. The lowest BCUT2D eigenvalue weighted by molar-refractivity contribution is -0.127. The summed E-state index contributed by atoms with van der Waals surface area (Å²) in [6.07, 6.45) is 3.15. The highest BCUT2D eigenvalue weighted by atomic mass is 32.2. The Hall–Kier alpha value is -2.31. The van der Waals surface area contributed by atoms with Crippen LogP contribution >= 0.6 is 11.8 Å². The summed E-state index contributed by atoms with van der Waals surface area (Å²) in [5.41, 5.74) is 2.62. The van der Waals surface area contributed by atoms with Gasteiger partial charge in [-0.2, -0.15) is 0 Å². The molecule has 0 spiro atoms. The molecule has 1 aliphatic rings. The standard InChI is InChI=1S/C23H29N3O2S/c1-25(2)16-13-18-9-11-19(12-10-18)24-23(28)20-7-3-4-8-21(20)29-17-22(27)26-14-5-6-15-26/h3-4,7-12H,5-6,13-17H2,1-2H3,(H,24,28). The molecule has 2 aromatic carbocycles. The molecule has 29 heavy (non-hydrogen) atoms. The van der Waals surface area contributed by atoms with Crippen molar-refractivity contribution in [2.75, 3.05) is 44.8 Å². The Bertz CT molecular complexity index is 830. The van der Waals surface area contributed by atoms with Gasteiger partial charge in [0.15, 0.2) is 0 Å². The number of anilines is 1. The van der Waals surface area contributed by atoms with Gasteiger partial charge in [0, 0.05) is 30.2 Å². The fourth-order valence-electron chi connectivity index (χ4n) is 3.28. The van der Waals surface area contributed by atoms with E-state index in [1.54, 1.807) is 0 Å². The normalized spacial score (nSPS) is 13.7. The molecule has 1 fully saturated rings. The molecule has 6 heteroatoms. The second-order valence-corrected chi connectivity index (χ2v) is 8.59. The van der Waals surface area contributed by atoms with Crippen LogP contribution in [0.25, 0.3) is 0 Å². The van der Waals surface area contributed by atoms with E-state index in [2.05, 4.69) is 36.4 Å². The minimum absolute atomic E-state index is 0.149. The molecule has 0 bridgehead atoms. The molecule has 0 radical (unpaired) electrons. The third kappa shape index (κ3) is 6.34. The van der Waals surface area contributed by atoms with Gasteiger partial charge in [0.05, 0.1) is 11.3 Å². The van der Waals surface area contributed by atoms with E-state index in [0.717, 1.165) is 49.5 Å². The summed E-state index contributed by atoms with van der Waals surface area (Å²) in [6.45, 7) is 2.70. The van der Waals surface area contributed by atoms with Crippen LogP contribution in [-0.4, -0.2) is 61.1 Å². The molecule has 2 aromatic rings. The number of rotatable bonds is 8. The smallest absolute Gasteiger partial charge is 0.256 e. The Labute approximate surface area is 177 Å². The number of hydrogen-bond acceptors (Lipinski definition) is 4. The maximum Gasteiger partial charge on any atom is 0.256 e. The molecule has 0 saturated carbocycles. The van der Waals surface area contributed by atoms with Crippen molar-refractivity contribution < 1.29 is 9.59 Å². The first-order valence-electron chi connectivity index (χ1n) is 10.1. The number of nitrogens with zero attached hydrogens (tertiary/aromatic N) is 2. The minimum atomic E-state index is -0.150. The van der Waals surface area contributed by atoms with Crippen LogP contribution in [0.15, 0.2) is 53.4 Å². The first-order valence-corrected chi connectivity index (χ1v) is 11.1. The highest BCUT2D eigenvalue weighted by Gasteiger charge is 2.19. The number of carbonyl (C=O) groups is 2. The lowest BCUT2D eigenvalue weighted by Gasteiger charge is -2.15. The topological polar surface area (TPSA) is 52.7 Å². The van der Waals surface area contributed by atoms with Crippen molar-refractivity contribution in [2.45, 2.75) is 24.2 Å². The maximum atomic E-state index is 12.8. The van der Waals surface area contributed by atoms with E-state index in [4.69, 9.17) is 0 Å². The maximum absolute atomic E-state index is 12.8. The van der Waals surface area contributed by atoms with Crippen molar-refractivity contribution in [3.05, 3.63) is 59.7 Å². The van der Waals surface area contributed by atoms with Gasteiger partial charge in [0.1, 0.15) is 0 Å². The second-order valence-electron chi connectivity index (χ2n) is 7.58. The third-order valence-electron chi connectivity index (χ3n) is 5.00. The Morgan fingerprint density at radius 3 is 2.41 bits per heavy atom. The van der Waals surface area contributed by atoms with Crippen LogP contribution in [0.5, 0.6) is 0 Å². The summed E-state index contributed by atoms with van der Waals surface area (Å²) < 4.78 is 0. The number of thioether (sulfide) groups is 1. The van der Waals surface area contributed by atoms with Crippen LogP contribution in [0.4, 0.5) is 5.69 Å². The highest BCUT2D eigenvalue weighted by Crippen LogP contribution is 2.25. The zero-order valence-electron chi connectivity index (χ0n) is 17.2. The van der Waals surface area contributed by atoms with Crippen molar-refractivity contribution in [3.8, 4) is 0 Å². The molecule has 3 rings (SSSR count). The SMILES string of the molecule is CN(C)CCc1ccc(NC(=O)c2ccccc2SCC(=O)N2CCCC2)cc1. The fraction of sp³-hybridized carbons (Fsp3) is 0.391. The summed E-state index contributed by atoms with van der Waals surface area (Å²) in [5, 5.41) is 2.98. The first kappa shape index (κ1) is 21.4. The molecule has 2 amide bonds. The summed E-state index contributed by atoms with van der Waals surface area (Å²) in [7, 11) is 4.12. The van der Waals surface area contributed by atoms with E-state index in [1.165, 1.54) is 17.3 Å². The highest BCUT2D eigenvalue weighted by molar-refractivity contribution is 8.00. The molecule has 0 aromatic heterocycles. The summed E-state index contributed by atoms with van der Waals surface area (Å²) in [5.74, 6) is 0.365. The average Bonchev–Trinajstić information content (AvgIpc) is 3.26. The molecule has 1 N–H and O–H groups in total. The van der Waals surface area contributed by atoms with Gasteiger partial charge in [0.2, 0.25) is 5.91 Å². The number of likely N-dealkylation sites (N-methyl/N-ethyl adjacent to an activating group) is 1. The van der Waals surface area contributed by atoms with Crippen molar-refractivity contribution in [2.24, 2.45) is 0 Å². The van der Waals surface area contributed by atoms with Gasteiger partial charge in [-0.15, -0.1) is 11.8 Å². The van der Waals surface area contributed by atoms with E-state index in [9.17, 15) is 9.59 Å². The van der Waals surface area contributed by atoms with Crippen LogP contribution in [0, 0.1) is 0 Å². The summed E-state index contributed by atoms with van der Waals surface area (Å²) in [6, 6.07) is 15.4. The molecule has 5 nitrogen and oxygen atoms in total. The van der Waals surface area contributed by atoms with E-state index in [0.29, 0.717) is 11.3 Å². The van der Waals surface area contributed by atoms with Crippen molar-refractivity contribution >= 4 is 29.3 Å². The monoisotopic (exact) mass is 411 g/mol. The van der Waals surface area contributed by atoms with Crippen LogP contribution in [0.3, 0.4) is 0 Å². The molecule has 1 saturated heterocycles. The molecule has 1 aliphatic heterocycles. The molecule has 0 atom stereocenters. The second kappa shape index (κ2) is 10.5. The Morgan fingerprint density at radius 1 is 1.03 bits per heavy atom. The van der Waals surface area contributed by atoms with Gasteiger partial charge in [0.25, 0.3) is 5.91 Å². The molecule has 1 heterocycles. The first-order chi connectivity index (χ1) is 14.0. The Balaban J connectivity index is 1.59. The Kier molecular flexibility index (Phi) is 7.72. The fourth-order valence-corrected chi connectivity index (χ4v) is 4.24. The molecule has 154 valence electrons. The number of hydrogen-bond donors (Lipinski definition) is 1. The third-order valence-corrected chi connectivity index (χ3v) is 6.06. The lowest BCUT2D eigenvalue weighted by atomic mass is 10.1. The number of amides is 2. The minimum Gasteiger partial charge on any atom is -0.342 e. The number of nitrogens with one attached hydrogen (secondary N) is 1. The molecule has 0 aliphatic carbocycles. The van der Waals surface area contributed by atoms with Gasteiger partial charge >= 0.3 is 0 Å². The van der Waals surface area contributed by atoms with Gasteiger partial charge in [-0.3, -0.25) is 9.59 Å². The van der Waals surface area contributed by atoms with Crippen LogP contribution in [0.2, 0.25) is 0 Å². The zero-order chi connectivity index (χ0) is 20.6. The lowest BCUT2D eigenvalue weighted by Crippen LogP contribution is -2.29. The predicted molar refractivity (Wildman–Crippen MR) is 120 cm³/mol. The largest absolute Gasteiger partial charge is 0.342 e. The van der Waals surface area contributed by atoms with Gasteiger partial charge in [-0.05, 0) is 63.2 Å². The molecular weight excluding hydrogens is 382 g/mol. The van der Waals surface area contributed by atoms with Crippen molar-refractivity contribution in [3.63, 3.8) is 0 Å². The number of carbonyl (C=O) groups excluding carboxylic acids is 2. The average molecular weight is 412 g/mol. The Morgan fingerprint density at radius 2 is 1.72 bits per heavy atom. The number of likely N-dealkylation sites (tertiary alicyclic amines) is 1. The van der Waals surface area contributed by atoms with Gasteiger partial charge in [-0.1, -0.05) is 24.3 Å². The van der Waals surface area contributed by atoms with Gasteiger partial charge < -0.3 is 15.1 Å². The predicted octanol–water partition coefficient (Wildman–Crippen LogP) is 3.76. The van der Waals surface area contributed by atoms with E-state index >= 15 is 0 Å². The van der Waals surface area contributed by atoms with Crippen molar-refractivity contribution in [1.29, 1.82) is 0 Å². The van der Waals surface area contributed by atoms with Crippen molar-refractivity contribution in [1.82, 2.24) is 9.80 Å². The van der Waals surface area contributed by atoms with Crippen LogP contribution in [-0.2, 0) is 11.2 Å². The molecular formula is C23H29N3O2S.